The molecule has 1 aromatic heterocycles. The Morgan fingerprint density at radius 1 is 1.46 bits per heavy atom. The summed E-state index contributed by atoms with van der Waals surface area (Å²) in [7, 11) is -1.97. The zero-order valence-corrected chi connectivity index (χ0v) is 15.7. The van der Waals surface area contributed by atoms with E-state index in [4.69, 9.17) is 9.16 Å². The second-order valence-corrected chi connectivity index (χ2v) is 12.3. The van der Waals surface area contributed by atoms with Gasteiger partial charge in [0.2, 0.25) is 0 Å². The fourth-order valence-corrected chi connectivity index (χ4v) is 3.19. The summed E-state index contributed by atoms with van der Waals surface area (Å²) in [5.41, 5.74) is -0.601. The quantitative estimate of drug-likeness (QED) is 0.485. The van der Waals surface area contributed by atoms with Crippen molar-refractivity contribution in [3.05, 3.63) is 33.1 Å². The largest absolute Gasteiger partial charge is 0.414 e. The number of hydrogen-bond donors (Lipinski definition) is 2. The zero-order chi connectivity index (χ0) is 18.1. The molecule has 9 heteroatoms. The molecule has 1 fully saturated rings. The van der Waals surface area contributed by atoms with Crippen LogP contribution in [0.25, 0.3) is 0 Å². The number of aromatic nitrogens is 2. The Balaban J connectivity index is 2.13. The van der Waals surface area contributed by atoms with Crippen LogP contribution in [0, 0.1) is 0 Å². The van der Waals surface area contributed by atoms with Gasteiger partial charge in [0.25, 0.3) is 5.56 Å². The van der Waals surface area contributed by atoms with Crippen molar-refractivity contribution in [1.82, 2.24) is 9.55 Å². The molecule has 0 bridgehead atoms. The molecule has 2 unspecified atom stereocenters. The van der Waals surface area contributed by atoms with E-state index in [-0.39, 0.29) is 18.1 Å². The fourth-order valence-electron chi connectivity index (χ4n) is 2.19. The molecule has 0 aromatic carbocycles. The average molecular weight is 355 g/mol. The minimum Gasteiger partial charge on any atom is -0.414 e. The second kappa shape index (κ2) is 6.65. The second-order valence-electron chi connectivity index (χ2n) is 7.46. The maximum Gasteiger partial charge on any atom is 0.330 e. The lowest BCUT2D eigenvalue weighted by Gasteiger charge is -2.36. The summed E-state index contributed by atoms with van der Waals surface area (Å²) in [6.45, 7) is 10.9. The summed E-state index contributed by atoms with van der Waals surface area (Å²) in [6, 6.07) is 1.25. The first-order chi connectivity index (χ1) is 11.0. The Morgan fingerprint density at radius 3 is 2.67 bits per heavy atom. The van der Waals surface area contributed by atoms with E-state index in [0.29, 0.717) is 5.71 Å². The summed E-state index contributed by atoms with van der Waals surface area (Å²) in [4.78, 5) is 25.2. The lowest BCUT2D eigenvalue weighted by atomic mass is 10.2. The average Bonchev–Trinajstić information content (AvgIpc) is 2.87. The first kappa shape index (κ1) is 18.6. The number of hydrogen-bond acceptors (Lipinski definition) is 6. The Labute approximate surface area is 141 Å². The highest BCUT2D eigenvalue weighted by molar-refractivity contribution is 6.74. The third kappa shape index (κ3) is 3.85. The van der Waals surface area contributed by atoms with E-state index in [0.717, 1.165) is 0 Å². The molecule has 2 rings (SSSR count). The highest BCUT2D eigenvalue weighted by atomic mass is 28.4. The molecule has 1 saturated heterocycles. The molecule has 1 aromatic rings. The molecule has 2 atom stereocenters. The first-order valence-electron chi connectivity index (χ1n) is 7.87. The van der Waals surface area contributed by atoms with Crippen LogP contribution in [0.2, 0.25) is 18.1 Å². The van der Waals surface area contributed by atoms with E-state index >= 15 is 0 Å². The van der Waals surface area contributed by atoms with Crippen molar-refractivity contribution in [3.8, 4) is 0 Å². The van der Waals surface area contributed by atoms with Gasteiger partial charge >= 0.3 is 5.69 Å². The molecule has 0 aliphatic carbocycles. The molecule has 0 spiro atoms. The Bertz CT molecular complexity index is 732. The minimum atomic E-state index is -1.97. The monoisotopic (exact) mass is 355 g/mol. The van der Waals surface area contributed by atoms with E-state index in [1.807, 2.05) is 0 Å². The standard InChI is InChI=1S/C15H25N3O5Si/c1-15(2,3)24(4,5)22-9-11-10(17-21)8-13(23-11)18-7-6-12(19)16-14(18)20/h6-7,11,13,21H,8-9H2,1-5H3,(H,16,19,20)/b17-10-. The molecule has 0 radical (unpaired) electrons. The molecule has 1 aliphatic heterocycles. The van der Waals surface area contributed by atoms with Crippen LogP contribution in [-0.4, -0.2) is 41.5 Å². The van der Waals surface area contributed by atoms with Crippen LogP contribution in [0.15, 0.2) is 27.0 Å². The first-order valence-corrected chi connectivity index (χ1v) is 10.8. The topological polar surface area (TPSA) is 106 Å². The number of ether oxygens (including phenoxy) is 1. The Morgan fingerprint density at radius 2 is 2.12 bits per heavy atom. The van der Waals surface area contributed by atoms with Crippen molar-refractivity contribution in [3.63, 3.8) is 0 Å². The van der Waals surface area contributed by atoms with Crippen LogP contribution < -0.4 is 11.2 Å². The SMILES string of the molecule is CC(C)(C)[Si](C)(C)OCC1OC(n2ccc(=O)[nH]c2=O)C/C1=N/O. The van der Waals surface area contributed by atoms with Gasteiger partial charge in [-0.15, -0.1) is 0 Å². The number of aromatic amines is 1. The smallest absolute Gasteiger partial charge is 0.330 e. The lowest BCUT2D eigenvalue weighted by Crippen LogP contribution is -2.43. The van der Waals surface area contributed by atoms with Gasteiger partial charge in [0.15, 0.2) is 8.32 Å². The maximum absolute atomic E-state index is 11.9. The fraction of sp³-hybridized carbons (Fsp3) is 0.667. The van der Waals surface area contributed by atoms with Gasteiger partial charge in [0.1, 0.15) is 12.3 Å². The van der Waals surface area contributed by atoms with Gasteiger partial charge in [0.05, 0.1) is 12.3 Å². The molecule has 8 nitrogen and oxygen atoms in total. The van der Waals surface area contributed by atoms with Crippen LogP contribution in [0.3, 0.4) is 0 Å². The summed E-state index contributed by atoms with van der Waals surface area (Å²) < 4.78 is 13.2. The van der Waals surface area contributed by atoms with Gasteiger partial charge in [-0.05, 0) is 18.1 Å². The molecule has 24 heavy (non-hydrogen) atoms. The third-order valence-corrected chi connectivity index (χ3v) is 9.27. The van der Waals surface area contributed by atoms with Crippen LogP contribution in [-0.2, 0) is 9.16 Å². The van der Waals surface area contributed by atoms with E-state index in [2.05, 4.69) is 44.0 Å². The molecule has 2 heterocycles. The van der Waals surface area contributed by atoms with E-state index in [9.17, 15) is 14.8 Å². The number of oxime groups is 1. The van der Waals surface area contributed by atoms with Crippen LogP contribution in [0.4, 0.5) is 0 Å². The van der Waals surface area contributed by atoms with Crippen molar-refractivity contribution in [2.75, 3.05) is 6.61 Å². The number of nitrogens with zero attached hydrogens (tertiary/aromatic N) is 2. The highest BCUT2D eigenvalue weighted by Crippen LogP contribution is 2.37. The van der Waals surface area contributed by atoms with Crippen molar-refractivity contribution in [2.24, 2.45) is 5.16 Å². The minimum absolute atomic E-state index is 0.0530. The van der Waals surface area contributed by atoms with Gasteiger partial charge < -0.3 is 14.4 Å². The van der Waals surface area contributed by atoms with Gasteiger partial charge in [-0.3, -0.25) is 14.3 Å². The lowest BCUT2D eigenvalue weighted by molar-refractivity contribution is -0.0130. The third-order valence-electron chi connectivity index (χ3n) is 4.77. The number of H-pyrrole nitrogens is 1. The van der Waals surface area contributed by atoms with E-state index < -0.39 is 31.9 Å². The molecule has 0 saturated carbocycles. The van der Waals surface area contributed by atoms with Gasteiger partial charge in [-0.1, -0.05) is 25.9 Å². The van der Waals surface area contributed by atoms with Crippen LogP contribution >= 0.6 is 0 Å². The Hall–Kier alpha value is -1.71. The van der Waals surface area contributed by atoms with E-state index in [1.165, 1.54) is 16.8 Å². The molecule has 1 aliphatic rings. The maximum atomic E-state index is 11.9. The van der Waals surface area contributed by atoms with Gasteiger partial charge in [-0.25, -0.2) is 4.79 Å². The zero-order valence-electron chi connectivity index (χ0n) is 14.7. The number of rotatable bonds is 4. The Kier molecular flexibility index (Phi) is 5.16. The molecule has 2 N–H and O–H groups in total. The predicted molar refractivity (Wildman–Crippen MR) is 92.2 cm³/mol. The van der Waals surface area contributed by atoms with Gasteiger partial charge in [0, 0.05) is 18.7 Å². The van der Waals surface area contributed by atoms with Crippen molar-refractivity contribution in [1.29, 1.82) is 0 Å². The summed E-state index contributed by atoms with van der Waals surface area (Å²) >= 11 is 0. The summed E-state index contributed by atoms with van der Waals surface area (Å²) in [6.07, 6.45) is 0.479. The van der Waals surface area contributed by atoms with Gasteiger partial charge in [-0.2, -0.15) is 0 Å². The van der Waals surface area contributed by atoms with Crippen molar-refractivity contribution < 1.29 is 14.4 Å². The summed E-state index contributed by atoms with van der Waals surface area (Å²) in [5, 5.41) is 12.6. The normalized spacial score (nSPS) is 23.8. The summed E-state index contributed by atoms with van der Waals surface area (Å²) in [5.74, 6) is 0. The highest BCUT2D eigenvalue weighted by Gasteiger charge is 2.40. The molecular weight excluding hydrogens is 330 g/mol. The van der Waals surface area contributed by atoms with E-state index in [1.54, 1.807) is 0 Å². The van der Waals surface area contributed by atoms with Crippen molar-refractivity contribution >= 4 is 14.0 Å². The van der Waals surface area contributed by atoms with Crippen LogP contribution in [0.1, 0.15) is 33.4 Å². The molecule has 134 valence electrons. The molecular formula is C15H25N3O5Si. The molecule has 0 amide bonds. The predicted octanol–water partition coefficient (Wildman–Crippen LogP) is 1.68. The van der Waals surface area contributed by atoms with Crippen molar-refractivity contribution in [2.45, 2.75) is 57.7 Å². The van der Waals surface area contributed by atoms with Crippen LogP contribution in [0.5, 0.6) is 0 Å². The number of nitrogens with one attached hydrogen (secondary N) is 1.